The van der Waals surface area contributed by atoms with E-state index in [2.05, 4.69) is 4.90 Å². The van der Waals surface area contributed by atoms with E-state index in [-0.39, 0.29) is 16.6 Å². The molecule has 0 saturated carbocycles. The summed E-state index contributed by atoms with van der Waals surface area (Å²) in [6.45, 7) is 5.81. The third kappa shape index (κ3) is 2.97. The molecule has 0 aliphatic carbocycles. The Kier molecular flexibility index (Phi) is 4.40. The Morgan fingerprint density at radius 1 is 1.43 bits per heavy atom. The van der Waals surface area contributed by atoms with Gasteiger partial charge in [0.25, 0.3) is 0 Å². The summed E-state index contributed by atoms with van der Waals surface area (Å²) in [7, 11) is -1.70. The van der Waals surface area contributed by atoms with Crippen LogP contribution in [-0.2, 0) is 16.6 Å². The second-order valence-corrected chi connectivity index (χ2v) is 7.27. The summed E-state index contributed by atoms with van der Waals surface area (Å²) in [6.07, 6.45) is 1.41. The van der Waals surface area contributed by atoms with Gasteiger partial charge in [0, 0.05) is 38.4 Å². The highest BCUT2D eigenvalue weighted by molar-refractivity contribution is 7.89. The van der Waals surface area contributed by atoms with Gasteiger partial charge in [0.2, 0.25) is 10.0 Å². The van der Waals surface area contributed by atoms with Gasteiger partial charge in [-0.15, -0.1) is 0 Å². The molecule has 8 heteroatoms. The van der Waals surface area contributed by atoms with Crippen molar-refractivity contribution in [3.63, 3.8) is 0 Å². The van der Waals surface area contributed by atoms with Crippen LogP contribution in [0.25, 0.3) is 0 Å². The largest absolute Gasteiger partial charge is 0.477 e. The van der Waals surface area contributed by atoms with Crippen molar-refractivity contribution in [1.82, 2.24) is 13.8 Å². The van der Waals surface area contributed by atoms with Gasteiger partial charge in [-0.05, 0) is 27.0 Å². The maximum absolute atomic E-state index is 12.7. The number of likely N-dealkylation sites (N-methyl/N-ethyl adjacent to an activating group) is 1. The van der Waals surface area contributed by atoms with Gasteiger partial charge >= 0.3 is 5.97 Å². The van der Waals surface area contributed by atoms with Crippen molar-refractivity contribution in [3.8, 4) is 0 Å². The fraction of sp³-hybridized carbons (Fsp3) is 0.615. The average molecular weight is 315 g/mol. The van der Waals surface area contributed by atoms with E-state index in [1.165, 1.54) is 21.1 Å². The number of carboxylic acid groups (broad SMARTS) is 1. The normalized spacial score (nSPS) is 21.6. The van der Waals surface area contributed by atoms with Gasteiger partial charge in [-0.25, -0.2) is 13.2 Å². The molecule has 118 valence electrons. The lowest BCUT2D eigenvalue weighted by Gasteiger charge is -2.36. The fourth-order valence-electron chi connectivity index (χ4n) is 2.68. The van der Waals surface area contributed by atoms with Crippen LogP contribution in [0, 0.1) is 0 Å². The Labute approximate surface area is 124 Å². The Morgan fingerprint density at radius 2 is 2.10 bits per heavy atom. The summed E-state index contributed by atoms with van der Waals surface area (Å²) in [5, 5.41) is 9.14. The average Bonchev–Trinajstić information content (AvgIpc) is 2.83. The third-order valence-electron chi connectivity index (χ3n) is 3.81. The minimum absolute atomic E-state index is 0.00199. The molecule has 1 aromatic rings. The van der Waals surface area contributed by atoms with Crippen LogP contribution in [-0.4, -0.2) is 66.0 Å². The Hall–Kier alpha value is -1.38. The van der Waals surface area contributed by atoms with E-state index in [4.69, 9.17) is 5.11 Å². The van der Waals surface area contributed by atoms with Gasteiger partial charge < -0.3 is 14.6 Å². The molecule has 21 heavy (non-hydrogen) atoms. The van der Waals surface area contributed by atoms with Crippen LogP contribution in [0.4, 0.5) is 0 Å². The maximum Gasteiger partial charge on any atom is 0.352 e. The number of hydrogen-bond donors (Lipinski definition) is 1. The van der Waals surface area contributed by atoms with Crippen LogP contribution in [0.2, 0.25) is 0 Å². The molecular formula is C13H21N3O4S. The molecule has 1 saturated heterocycles. The van der Waals surface area contributed by atoms with Crippen molar-refractivity contribution in [2.24, 2.45) is 0 Å². The molecule has 0 spiro atoms. The summed E-state index contributed by atoms with van der Waals surface area (Å²) in [4.78, 5) is 13.3. The summed E-state index contributed by atoms with van der Waals surface area (Å²) < 4.78 is 28.3. The van der Waals surface area contributed by atoms with E-state index in [9.17, 15) is 13.2 Å². The number of rotatable bonds is 4. The lowest BCUT2D eigenvalue weighted by molar-refractivity contribution is 0.0685. The zero-order valence-corrected chi connectivity index (χ0v) is 13.3. The van der Waals surface area contributed by atoms with Gasteiger partial charge in [-0.3, -0.25) is 0 Å². The monoisotopic (exact) mass is 315 g/mol. The minimum Gasteiger partial charge on any atom is -0.477 e. The first-order valence-electron chi connectivity index (χ1n) is 6.91. The predicted octanol–water partition coefficient (Wildman–Crippen LogP) is 0.531. The molecule has 2 heterocycles. The van der Waals surface area contributed by atoms with E-state index in [0.717, 1.165) is 0 Å². The predicted molar refractivity (Wildman–Crippen MR) is 77.9 cm³/mol. The lowest BCUT2D eigenvalue weighted by Crippen LogP contribution is -2.52. The van der Waals surface area contributed by atoms with Crippen LogP contribution < -0.4 is 0 Å². The fourth-order valence-corrected chi connectivity index (χ4v) is 4.34. The molecule has 0 radical (unpaired) electrons. The standard InChI is InChI=1S/C13H21N3O4S/c1-4-15-9-11(7-12(15)13(17)18)21(19,20)16-6-5-14(3)8-10(16)2/h7,9-10H,4-6,8H2,1-3H3,(H,17,18). The zero-order chi connectivity index (χ0) is 15.8. The first kappa shape index (κ1) is 16.0. The van der Waals surface area contributed by atoms with E-state index in [1.54, 1.807) is 6.92 Å². The Balaban J connectivity index is 2.38. The number of piperazine rings is 1. The molecule has 1 fully saturated rings. The van der Waals surface area contributed by atoms with Crippen LogP contribution in [0.15, 0.2) is 17.2 Å². The molecule has 2 rings (SSSR count). The first-order chi connectivity index (χ1) is 9.77. The van der Waals surface area contributed by atoms with Crippen molar-refractivity contribution < 1.29 is 18.3 Å². The molecule has 7 nitrogen and oxygen atoms in total. The van der Waals surface area contributed by atoms with Crippen LogP contribution in [0.3, 0.4) is 0 Å². The van der Waals surface area contributed by atoms with Crippen molar-refractivity contribution >= 4 is 16.0 Å². The number of aryl methyl sites for hydroxylation is 1. The molecule has 1 unspecified atom stereocenters. The van der Waals surface area contributed by atoms with Crippen molar-refractivity contribution in [2.45, 2.75) is 31.3 Å². The number of aromatic carboxylic acids is 1. The number of aromatic nitrogens is 1. The zero-order valence-electron chi connectivity index (χ0n) is 12.5. The molecule has 1 aliphatic rings. The summed E-state index contributed by atoms with van der Waals surface area (Å²) in [5.74, 6) is -1.12. The number of carboxylic acids is 1. The molecule has 1 aliphatic heterocycles. The van der Waals surface area contributed by atoms with Gasteiger partial charge in [0.15, 0.2) is 0 Å². The Bertz CT molecular complexity index is 638. The van der Waals surface area contributed by atoms with Crippen LogP contribution in [0.1, 0.15) is 24.3 Å². The van der Waals surface area contributed by atoms with E-state index >= 15 is 0 Å². The SMILES string of the molecule is CCn1cc(S(=O)(=O)N2CCN(C)CC2C)cc1C(=O)O. The van der Waals surface area contributed by atoms with Crippen molar-refractivity contribution in [2.75, 3.05) is 26.7 Å². The summed E-state index contributed by atoms with van der Waals surface area (Å²) >= 11 is 0. The van der Waals surface area contributed by atoms with Gasteiger partial charge in [-0.2, -0.15) is 4.31 Å². The molecule has 0 amide bonds. The summed E-state index contributed by atoms with van der Waals surface area (Å²) in [6, 6.07) is 1.11. The first-order valence-corrected chi connectivity index (χ1v) is 8.35. The molecule has 0 bridgehead atoms. The number of carbonyl (C=O) groups is 1. The quantitative estimate of drug-likeness (QED) is 0.876. The molecular weight excluding hydrogens is 294 g/mol. The van der Waals surface area contributed by atoms with Crippen molar-refractivity contribution in [1.29, 1.82) is 0 Å². The highest BCUT2D eigenvalue weighted by Gasteiger charge is 2.34. The maximum atomic E-state index is 12.7. The van der Waals surface area contributed by atoms with Gasteiger partial charge in [-0.1, -0.05) is 0 Å². The highest BCUT2D eigenvalue weighted by Crippen LogP contribution is 2.23. The van der Waals surface area contributed by atoms with E-state index in [0.29, 0.717) is 26.2 Å². The Morgan fingerprint density at radius 3 is 2.57 bits per heavy atom. The second kappa shape index (κ2) is 5.78. The van der Waals surface area contributed by atoms with Crippen LogP contribution in [0.5, 0.6) is 0 Å². The number of hydrogen-bond acceptors (Lipinski definition) is 4. The van der Waals surface area contributed by atoms with E-state index < -0.39 is 16.0 Å². The van der Waals surface area contributed by atoms with Gasteiger partial charge in [0.1, 0.15) is 10.6 Å². The summed E-state index contributed by atoms with van der Waals surface area (Å²) in [5.41, 5.74) is -0.00199. The second-order valence-electron chi connectivity index (χ2n) is 5.38. The highest BCUT2D eigenvalue weighted by atomic mass is 32.2. The van der Waals surface area contributed by atoms with Crippen LogP contribution >= 0.6 is 0 Å². The van der Waals surface area contributed by atoms with Crippen molar-refractivity contribution in [3.05, 3.63) is 18.0 Å². The third-order valence-corrected chi connectivity index (χ3v) is 5.79. The van der Waals surface area contributed by atoms with E-state index in [1.807, 2.05) is 14.0 Å². The molecule has 1 atom stereocenters. The number of sulfonamides is 1. The minimum atomic E-state index is -3.66. The molecule has 0 aromatic carbocycles. The number of nitrogens with zero attached hydrogens (tertiary/aromatic N) is 3. The molecule has 1 N–H and O–H groups in total. The van der Waals surface area contributed by atoms with Gasteiger partial charge in [0.05, 0.1) is 0 Å². The molecule has 1 aromatic heterocycles. The topological polar surface area (TPSA) is 82.9 Å². The lowest BCUT2D eigenvalue weighted by atomic mass is 10.2. The smallest absolute Gasteiger partial charge is 0.352 e.